The van der Waals surface area contributed by atoms with Crippen LogP contribution in [-0.2, 0) is 17.8 Å². The van der Waals surface area contributed by atoms with E-state index in [1.165, 1.54) is 6.08 Å². The third kappa shape index (κ3) is 5.50. The number of nitrogens with zero attached hydrogens (tertiary/aromatic N) is 1. The van der Waals surface area contributed by atoms with Gasteiger partial charge in [-0.3, -0.25) is 4.79 Å². The molecule has 0 fully saturated rings. The second kappa shape index (κ2) is 10.3. The maximum atomic E-state index is 12.6. The first kappa shape index (κ1) is 21.2. The van der Waals surface area contributed by atoms with Crippen molar-refractivity contribution in [3.8, 4) is 11.8 Å². The molecule has 1 N–H and O–H groups in total. The van der Waals surface area contributed by atoms with Crippen LogP contribution in [0.4, 0.5) is 5.69 Å². The monoisotopic (exact) mass is 416 g/mol. The molecule has 1 amide bonds. The van der Waals surface area contributed by atoms with Gasteiger partial charge in [-0.25, -0.2) is 0 Å². The van der Waals surface area contributed by atoms with Crippen molar-refractivity contribution >= 4 is 29.3 Å². The van der Waals surface area contributed by atoms with Gasteiger partial charge in [-0.2, -0.15) is 5.26 Å². The molecule has 0 aromatic heterocycles. The number of carbonyl (C=O) groups excluding carboxylic acids is 1. The summed E-state index contributed by atoms with van der Waals surface area (Å²) in [5.41, 5.74) is 3.38. The predicted octanol–water partition coefficient (Wildman–Crippen LogP) is 6.03. The third-order valence-electron chi connectivity index (χ3n) is 4.52. The molecule has 3 rings (SSSR count). The Hall–Kier alpha value is -3.55. The van der Waals surface area contributed by atoms with Gasteiger partial charge in [-0.1, -0.05) is 73.1 Å². The quantitative estimate of drug-likeness (QED) is 0.378. The maximum absolute atomic E-state index is 12.6. The van der Waals surface area contributed by atoms with Crippen molar-refractivity contribution in [3.63, 3.8) is 0 Å². The summed E-state index contributed by atoms with van der Waals surface area (Å²) in [6.45, 7) is 2.41. The van der Waals surface area contributed by atoms with E-state index >= 15 is 0 Å². The van der Waals surface area contributed by atoms with Crippen molar-refractivity contribution < 1.29 is 9.53 Å². The number of nitriles is 1. The Kier molecular flexibility index (Phi) is 7.26. The highest BCUT2D eigenvalue weighted by atomic mass is 35.5. The Morgan fingerprint density at radius 1 is 1.10 bits per heavy atom. The number of nitrogens with one attached hydrogen (secondary N) is 1. The van der Waals surface area contributed by atoms with Gasteiger partial charge < -0.3 is 10.1 Å². The number of benzene rings is 3. The molecule has 0 saturated heterocycles. The largest absolute Gasteiger partial charge is 0.487 e. The lowest BCUT2D eigenvalue weighted by molar-refractivity contribution is -0.112. The van der Waals surface area contributed by atoms with Gasteiger partial charge in [0.2, 0.25) is 0 Å². The fourth-order valence-electron chi connectivity index (χ4n) is 2.91. The Balaban J connectivity index is 1.73. The molecule has 3 aromatic rings. The van der Waals surface area contributed by atoms with E-state index in [-0.39, 0.29) is 5.57 Å². The number of carbonyl (C=O) groups is 1. The van der Waals surface area contributed by atoms with E-state index in [2.05, 4.69) is 5.32 Å². The van der Waals surface area contributed by atoms with Crippen molar-refractivity contribution in [3.05, 3.63) is 100 Å². The lowest BCUT2D eigenvalue weighted by Crippen LogP contribution is -2.14. The van der Waals surface area contributed by atoms with Gasteiger partial charge in [-0.05, 0) is 47.4 Å². The summed E-state index contributed by atoms with van der Waals surface area (Å²) < 4.78 is 5.76. The van der Waals surface area contributed by atoms with Crippen LogP contribution in [0.3, 0.4) is 0 Å². The van der Waals surface area contributed by atoms with E-state index in [0.29, 0.717) is 28.6 Å². The molecule has 0 bridgehead atoms. The van der Waals surface area contributed by atoms with Crippen molar-refractivity contribution in [2.45, 2.75) is 20.0 Å². The van der Waals surface area contributed by atoms with Crippen LogP contribution >= 0.6 is 11.6 Å². The van der Waals surface area contributed by atoms with Crippen molar-refractivity contribution in [1.82, 2.24) is 0 Å². The Morgan fingerprint density at radius 3 is 2.53 bits per heavy atom. The van der Waals surface area contributed by atoms with E-state index < -0.39 is 5.91 Å². The SMILES string of the molecule is CCc1ccccc1NC(=O)/C(C#N)=C/c1ccc(OCc2ccccc2)c(Cl)c1. The predicted molar refractivity (Wildman–Crippen MR) is 120 cm³/mol. The number of ether oxygens (including phenoxy) is 1. The molecular weight excluding hydrogens is 396 g/mol. The molecule has 0 unspecified atom stereocenters. The molecule has 0 aliphatic heterocycles. The van der Waals surface area contributed by atoms with E-state index in [1.807, 2.05) is 67.6 Å². The number of amides is 1. The van der Waals surface area contributed by atoms with Gasteiger partial charge in [0.25, 0.3) is 5.91 Å². The minimum Gasteiger partial charge on any atom is -0.487 e. The Bertz CT molecular complexity index is 1100. The number of hydrogen-bond donors (Lipinski definition) is 1. The number of para-hydroxylation sites is 1. The smallest absolute Gasteiger partial charge is 0.266 e. The number of rotatable bonds is 7. The lowest BCUT2D eigenvalue weighted by Gasteiger charge is -2.10. The third-order valence-corrected chi connectivity index (χ3v) is 4.81. The molecule has 0 saturated carbocycles. The Labute approximate surface area is 181 Å². The zero-order chi connectivity index (χ0) is 21.3. The number of aryl methyl sites for hydroxylation is 1. The topological polar surface area (TPSA) is 62.1 Å². The van der Waals surface area contributed by atoms with E-state index in [4.69, 9.17) is 16.3 Å². The first-order valence-electron chi connectivity index (χ1n) is 9.58. The average molecular weight is 417 g/mol. The van der Waals surface area contributed by atoms with Gasteiger partial charge in [0.15, 0.2) is 0 Å². The first-order chi connectivity index (χ1) is 14.6. The molecule has 0 aliphatic carbocycles. The minimum absolute atomic E-state index is 0.00470. The molecule has 5 heteroatoms. The number of halogens is 1. The molecule has 3 aromatic carbocycles. The van der Waals surface area contributed by atoms with E-state index in [1.54, 1.807) is 18.2 Å². The molecule has 0 spiro atoms. The molecule has 0 aliphatic rings. The van der Waals surface area contributed by atoms with Crippen molar-refractivity contribution in [1.29, 1.82) is 5.26 Å². The zero-order valence-electron chi connectivity index (χ0n) is 16.6. The van der Waals surface area contributed by atoms with Crippen LogP contribution in [0, 0.1) is 11.3 Å². The maximum Gasteiger partial charge on any atom is 0.266 e. The van der Waals surface area contributed by atoms with E-state index in [0.717, 1.165) is 17.5 Å². The summed E-state index contributed by atoms with van der Waals surface area (Å²) >= 11 is 6.33. The summed E-state index contributed by atoms with van der Waals surface area (Å²) in [5.74, 6) is 0.0800. The van der Waals surface area contributed by atoms with Crippen molar-refractivity contribution in [2.24, 2.45) is 0 Å². The molecule has 150 valence electrons. The highest BCUT2D eigenvalue weighted by molar-refractivity contribution is 6.32. The van der Waals surface area contributed by atoms with Crippen LogP contribution in [0.5, 0.6) is 5.75 Å². The minimum atomic E-state index is -0.459. The lowest BCUT2D eigenvalue weighted by atomic mass is 10.1. The molecule has 0 atom stereocenters. The fourth-order valence-corrected chi connectivity index (χ4v) is 3.16. The van der Waals surface area contributed by atoms with Crippen LogP contribution < -0.4 is 10.1 Å². The van der Waals surface area contributed by atoms with Gasteiger partial charge in [0, 0.05) is 5.69 Å². The van der Waals surface area contributed by atoms with Crippen LogP contribution in [0.25, 0.3) is 6.08 Å². The summed E-state index contributed by atoms with van der Waals surface area (Å²) in [6.07, 6.45) is 2.29. The van der Waals surface area contributed by atoms with Crippen LogP contribution in [0.1, 0.15) is 23.6 Å². The summed E-state index contributed by atoms with van der Waals surface area (Å²) in [6, 6.07) is 24.4. The second-order valence-corrected chi connectivity index (χ2v) is 7.01. The van der Waals surface area contributed by atoms with Gasteiger partial charge in [-0.15, -0.1) is 0 Å². The highest BCUT2D eigenvalue weighted by Crippen LogP contribution is 2.27. The van der Waals surface area contributed by atoms with Gasteiger partial charge in [0.1, 0.15) is 24.0 Å². The summed E-state index contributed by atoms with van der Waals surface area (Å²) in [4.78, 5) is 12.6. The number of anilines is 1. The van der Waals surface area contributed by atoms with Crippen LogP contribution in [0.15, 0.2) is 78.4 Å². The molecular formula is C25H21ClN2O2. The van der Waals surface area contributed by atoms with Crippen LogP contribution in [-0.4, -0.2) is 5.91 Å². The molecule has 4 nitrogen and oxygen atoms in total. The van der Waals surface area contributed by atoms with E-state index in [9.17, 15) is 10.1 Å². The van der Waals surface area contributed by atoms with Crippen molar-refractivity contribution in [2.75, 3.05) is 5.32 Å². The first-order valence-corrected chi connectivity index (χ1v) is 9.96. The normalized spacial score (nSPS) is 10.9. The highest BCUT2D eigenvalue weighted by Gasteiger charge is 2.12. The second-order valence-electron chi connectivity index (χ2n) is 6.60. The number of hydrogen-bond acceptors (Lipinski definition) is 3. The van der Waals surface area contributed by atoms with Crippen LogP contribution in [0.2, 0.25) is 5.02 Å². The zero-order valence-corrected chi connectivity index (χ0v) is 17.3. The standard InChI is InChI=1S/C25H21ClN2O2/c1-2-20-10-6-7-11-23(20)28-25(29)21(16-27)14-19-12-13-24(22(26)15-19)30-17-18-8-4-3-5-9-18/h3-15H,2,17H2,1H3,(H,28,29)/b21-14+. The molecule has 0 radical (unpaired) electrons. The fraction of sp³-hybridized carbons (Fsp3) is 0.120. The molecule has 0 heterocycles. The summed E-state index contributed by atoms with van der Waals surface area (Å²) in [7, 11) is 0. The van der Waals surface area contributed by atoms with Gasteiger partial charge in [0.05, 0.1) is 5.02 Å². The Morgan fingerprint density at radius 2 is 1.83 bits per heavy atom. The van der Waals surface area contributed by atoms with Gasteiger partial charge >= 0.3 is 0 Å². The average Bonchev–Trinajstić information content (AvgIpc) is 2.77. The summed E-state index contributed by atoms with van der Waals surface area (Å²) in [5, 5.41) is 12.7. The molecule has 30 heavy (non-hydrogen) atoms.